The molecule has 0 aliphatic rings. The molecule has 0 amide bonds. The Morgan fingerprint density at radius 1 is 1.56 bits per heavy atom. The molecule has 2 N–H and O–H groups in total. The topological polar surface area (TPSA) is 48.5 Å². The van der Waals surface area contributed by atoms with Crippen molar-refractivity contribution in [3.63, 3.8) is 0 Å². The highest BCUT2D eigenvalue weighted by molar-refractivity contribution is 9.10. The fourth-order valence-electron chi connectivity index (χ4n) is 1.27. The van der Waals surface area contributed by atoms with E-state index in [9.17, 15) is 5.11 Å². The predicted molar refractivity (Wildman–Crippen MR) is 66.8 cm³/mol. The molecule has 1 heterocycles. The maximum absolute atomic E-state index is 9.80. The van der Waals surface area contributed by atoms with E-state index in [1.165, 1.54) is 0 Å². The Bertz CT molecular complexity index is 333. The molecule has 4 nitrogen and oxygen atoms in total. The minimum Gasteiger partial charge on any atom is -0.356 e. The Morgan fingerprint density at radius 2 is 2.19 bits per heavy atom. The molecule has 16 heavy (non-hydrogen) atoms. The summed E-state index contributed by atoms with van der Waals surface area (Å²) in [7, 11) is 1.82. The minimum absolute atomic E-state index is 0.355. The summed E-state index contributed by atoms with van der Waals surface area (Å²) in [5.74, 6) is 0. The third kappa shape index (κ3) is 4.65. The van der Waals surface area contributed by atoms with Crippen LogP contribution in [-0.2, 0) is 11.3 Å². The van der Waals surface area contributed by atoms with Gasteiger partial charge in [0, 0.05) is 12.7 Å². The molecule has 0 spiro atoms. The zero-order chi connectivity index (χ0) is 12.3. The Labute approximate surface area is 105 Å². The lowest BCUT2D eigenvalue weighted by Gasteiger charge is -2.29. The van der Waals surface area contributed by atoms with Crippen molar-refractivity contribution in [3.8, 4) is 0 Å². The third-order valence-corrected chi connectivity index (χ3v) is 2.43. The lowest BCUT2D eigenvalue weighted by Crippen LogP contribution is -2.39. The smallest absolute Gasteiger partial charge is 0.216 e. The molecule has 92 valence electrons. The summed E-state index contributed by atoms with van der Waals surface area (Å²) in [5, 5.41) is 9.80. The standard InChI is InChI=1S/C11H19BrN2O2/c1-11(2,3)16-10(15)14(4)7-8-5-9(12)13-6-8/h5-6,10,13,15H,7H2,1-4H3. The molecule has 0 aromatic carbocycles. The van der Waals surface area contributed by atoms with Crippen LogP contribution in [0.25, 0.3) is 0 Å². The fraction of sp³-hybridized carbons (Fsp3) is 0.636. The summed E-state index contributed by atoms with van der Waals surface area (Å²) < 4.78 is 6.37. The van der Waals surface area contributed by atoms with Crippen LogP contribution in [0.5, 0.6) is 0 Å². The van der Waals surface area contributed by atoms with Crippen molar-refractivity contribution >= 4 is 15.9 Å². The van der Waals surface area contributed by atoms with Crippen molar-refractivity contribution in [3.05, 3.63) is 22.4 Å². The van der Waals surface area contributed by atoms with Crippen LogP contribution in [-0.4, -0.2) is 34.1 Å². The molecule has 0 saturated heterocycles. The highest BCUT2D eigenvalue weighted by Crippen LogP contribution is 2.15. The van der Waals surface area contributed by atoms with Crippen LogP contribution in [0.4, 0.5) is 0 Å². The molecule has 0 aliphatic carbocycles. The molecular formula is C11H19BrN2O2. The van der Waals surface area contributed by atoms with E-state index in [0.29, 0.717) is 6.54 Å². The van der Waals surface area contributed by atoms with Crippen molar-refractivity contribution in [2.75, 3.05) is 7.05 Å². The summed E-state index contributed by atoms with van der Waals surface area (Å²) in [6.45, 7) is 6.37. The number of nitrogens with one attached hydrogen (secondary N) is 1. The van der Waals surface area contributed by atoms with Crippen LogP contribution >= 0.6 is 15.9 Å². The van der Waals surface area contributed by atoms with E-state index in [-0.39, 0.29) is 5.60 Å². The number of aliphatic hydroxyl groups excluding tert-OH is 1. The van der Waals surface area contributed by atoms with Gasteiger partial charge in [0.25, 0.3) is 0 Å². The second-order valence-corrected chi connectivity index (χ2v) is 5.68. The van der Waals surface area contributed by atoms with Crippen LogP contribution < -0.4 is 0 Å². The molecule has 0 saturated carbocycles. The Morgan fingerprint density at radius 3 is 2.62 bits per heavy atom. The number of hydrogen-bond donors (Lipinski definition) is 2. The summed E-state index contributed by atoms with van der Waals surface area (Å²) in [6.07, 6.45) is 0.999. The normalized spacial score (nSPS) is 14.4. The molecule has 5 heteroatoms. The number of ether oxygens (including phenoxy) is 1. The van der Waals surface area contributed by atoms with E-state index in [4.69, 9.17) is 4.74 Å². The Balaban J connectivity index is 2.49. The summed E-state index contributed by atoms with van der Waals surface area (Å²) in [4.78, 5) is 4.77. The number of rotatable bonds is 4. The van der Waals surface area contributed by atoms with Gasteiger partial charge < -0.3 is 14.8 Å². The molecule has 1 atom stereocenters. The van der Waals surface area contributed by atoms with Gasteiger partial charge >= 0.3 is 0 Å². The van der Waals surface area contributed by atoms with E-state index >= 15 is 0 Å². The summed E-state index contributed by atoms with van der Waals surface area (Å²) >= 11 is 3.34. The van der Waals surface area contributed by atoms with Gasteiger partial charge in [-0.2, -0.15) is 0 Å². The van der Waals surface area contributed by atoms with Gasteiger partial charge in [-0.1, -0.05) is 0 Å². The molecular weight excluding hydrogens is 272 g/mol. The summed E-state index contributed by atoms with van der Waals surface area (Å²) in [5.41, 5.74) is 0.734. The number of hydrogen-bond acceptors (Lipinski definition) is 3. The minimum atomic E-state index is -0.895. The first kappa shape index (κ1) is 13.7. The lowest BCUT2D eigenvalue weighted by atomic mass is 10.2. The summed E-state index contributed by atoms with van der Waals surface area (Å²) in [6, 6.07) is 1.97. The van der Waals surface area contributed by atoms with E-state index in [1.807, 2.05) is 40.1 Å². The van der Waals surface area contributed by atoms with Gasteiger partial charge in [0.15, 0.2) is 0 Å². The number of aromatic nitrogens is 1. The highest BCUT2D eigenvalue weighted by Gasteiger charge is 2.20. The first-order chi connectivity index (χ1) is 7.28. The van der Waals surface area contributed by atoms with Crippen molar-refractivity contribution in [1.29, 1.82) is 0 Å². The molecule has 0 radical (unpaired) electrons. The third-order valence-electron chi connectivity index (χ3n) is 1.98. The van der Waals surface area contributed by atoms with E-state index in [0.717, 1.165) is 10.2 Å². The Hall–Kier alpha value is -0.360. The van der Waals surface area contributed by atoms with Gasteiger partial charge in [-0.25, -0.2) is 0 Å². The number of halogens is 1. The lowest BCUT2D eigenvalue weighted by molar-refractivity contribution is -0.235. The maximum atomic E-state index is 9.80. The second kappa shape index (κ2) is 5.31. The van der Waals surface area contributed by atoms with Gasteiger partial charge in [0.1, 0.15) is 0 Å². The van der Waals surface area contributed by atoms with Crippen molar-refractivity contribution in [2.45, 2.75) is 39.3 Å². The fourth-order valence-corrected chi connectivity index (χ4v) is 1.68. The van der Waals surface area contributed by atoms with E-state index < -0.39 is 6.41 Å². The first-order valence-electron chi connectivity index (χ1n) is 5.17. The number of aliphatic hydroxyl groups is 1. The average Bonchev–Trinajstić information content (AvgIpc) is 2.48. The zero-order valence-electron chi connectivity index (χ0n) is 10.1. The monoisotopic (exact) mass is 290 g/mol. The number of nitrogens with zero attached hydrogens (tertiary/aromatic N) is 1. The van der Waals surface area contributed by atoms with Crippen LogP contribution in [0, 0.1) is 0 Å². The SMILES string of the molecule is CN(Cc1c[nH]c(Br)c1)C(O)OC(C)(C)C. The number of aromatic amines is 1. The quantitative estimate of drug-likeness (QED) is 0.837. The molecule has 1 unspecified atom stereocenters. The molecule has 0 aliphatic heterocycles. The van der Waals surface area contributed by atoms with Crippen LogP contribution in [0.2, 0.25) is 0 Å². The maximum Gasteiger partial charge on any atom is 0.216 e. The Kier molecular flexibility index (Phi) is 4.55. The zero-order valence-corrected chi connectivity index (χ0v) is 11.7. The molecule has 0 fully saturated rings. The van der Waals surface area contributed by atoms with Crippen molar-refractivity contribution < 1.29 is 9.84 Å². The van der Waals surface area contributed by atoms with Gasteiger partial charge in [-0.3, -0.25) is 4.90 Å². The molecule has 0 bridgehead atoms. The van der Waals surface area contributed by atoms with Crippen molar-refractivity contribution in [1.82, 2.24) is 9.88 Å². The van der Waals surface area contributed by atoms with Crippen molar-refractivity contribution in [2.24, 2.45) is 0 Å². The van der Waals surface area contributed by atoms with Gasteiger partial charge in [0.2, 0.25) is 6.41 Å². The molecule has 1 rings (SSSR count). The number of H-pyrrole nitrogens is 1. The predicted octanol–water partition coefficient (Wildman–Crippen LogP) is 2.30. The van der Waals surface area contributed by atoms with Crippen LogP contribution in [0.3, 0.4) is 0 Å². The van der Waals surface area contributed by atoms with Crippen LogP contribution in [0.15, 0.2) is 16.9 Å². The van der Waals surface area contributed by atoms with Gasteiger partial charge in [-0.05, 0) is 55.4 Å². The van der Waals surface area contributed by atoms with Crippen LogP contribution in [0.1, 0.15) is 26.3 Å². The average molecular weight is 291 g/mol. The molecule has 1 aromatic heterocycles. The first-order valence-corrected chi connectivity index (χ1v) is 5.96. The van der Waals surface area contributed by atoms with E-state index in [1.54, 1.807) is 4.90 Å². The van der Waals surface area contributed by atoms with Gasteiger partial charge in [0.05, 0.1) is 10.2 Å². The second-order valence-electron chi connectivity index (χ2n) is 4.83. The van der Waals surface area contributed by atoms with E-state index in [2.05, 4.69) is 20.9 Å². The van der Waals surface area contributed by atoms with Gasteiger partial charge in [-0.15, -0.1) is 0 Å². The highest BCUT2D eigenvalue weighted by atomic mass is 79.9. The largest absolute Gasteiger partial charge is 0.356 e. The molecule has 1 aromatic rings.